The lowest BCUT2D eigenvalue weighted by atomic mass is 9.98. The van der Waals surface area contributed by atoms with Crippen molar-refractivity contribution in [3.63, 3.8) is 0 Å². The van der Waals surface area contributed by atoms with Crippen LogP contribution in [0, 0.1) is 6.92 Å². The Balaban J connectivity index is 2.41. The zero-order valence-corrected chi connectivity index (χ0v) is 10.9. The number of benzene rings is 3. The Kier molecular flexibility index (Phi) is 2.00. The highest BCUT2D eigenvalue weighted by Gasteiger charge is 2.08. The van der Waals surface area contributed by atoms with E-state index in [2.05, 4.69) is 60.8 Å². The van der Waals surface area contributed by atoms with E-state index >= 15 is 0 Å². The fraction of sp³-hybridized carbons (Fsp3) is 0.0588. The van der Waals surface area contributed by atoms with Crippen LogP contribution in [0.25, 0.3) is 31.6 Å². The van der Waals surface area contributed by atoms with Gasteiger partial charge in [0, 0.05) is 10.1 Å². The summed E-state index contributed by atoms with van der Waals surface area (Å²) in [5.41, 5.74) is 1.39. The maximum atomic E-state index is 2.26. The van der Waals surface area contributed by atoms with E-state index in [-0.39, 0.29) is 0 Å². The number of rotatable bonds is 0. The number of thiophene rings is 1. The van der Waals surface area contributed by atoms with Crippen molar-refractivity contribution >= 4 is 43.0 Å². The second-order valence-electron chi connectivity index (χ2n) is 4.74. The third-order valence-electron chi connectivity index (χ3n) is 3.63. The molecule has 0 aliphatic heterocycles. The number of hydrogen-bond acceptors (Lipinski definition) is 1. The van der Waals surface area contributed by atoms with Gasteiger partial charge in [0.2, 0.25) is 0 Å². The van der Waals surface area contributed by atoms with Crippen LogP contribution in [0.4, 0.5) is 0 Å². The molecule has 1 heterocycles. The van der Waals surface area contributed by atoms with Crippen molar-refractivity contribution < 1.29 is 0 Å². The molecule has 0 amide bonds. The summed E-state index contributed by atoms with van der Waals surface area (Å²) >= 11 is 1.84. The molecule has 18 heavy (non-hydrogen) atoms. The quantitative estimate of drug-likeness (QED) is 0.360. The predicted molar refractivity (Wildman–Crippen MR) is 81.6 cm³/mol. The van der Waals surface area contributed by atoms with Crippen molar-refractivity contribution in [2.45, 2.75) is 6.92 Å². The molecule has 1 heteroatoms. The molecule has 0 aliphatic rings. The van der Waals surface area contributed by atoms with E-state index in [0.717, 1.165) is 0 Å². The van der Waals surface area contributed by atoms with Gasteiger partial charge < -0.3 is 0 Å². The van der Waals surface area contributed by atoms with Crippen LogP contribution in [0.3, 0.4) is 0 Å². The minimum absolute atomic E-state index is 1.32. The van der Waals surface area contributed by atoms with Gasteiger partial charge in [0.15, 0.2) is 0 Å². The van der Waals surface area contributed by atoms with Gasteiger partial charge in [-0.15, -0.1) is 11.3 Å². The smallest absolute Gasteiger partial charge is 0.0352 e. The van der Waals surface area contributed by atoms with Crippen molar-refractivity contribution in [3.8, 4) is 0 Å². The molecule has 0 bridgehead atoms. The molecule has 0 spiro atoms. The minimum Gasteiger partial charge on any atom is -0.144 e. The Bertz CT molecular complexity index is 884. The monoisotopic (exact) mass is 248 g/mol. The summed E-state index contributed by atoms with van der Waals surface area (Å²) in [6.07, 6.45) is 0. The predicted octanol–water partition coefficient (Wildman–Crippen LogP) is 5.52. The number of aryl methyl sites for hydroxylation is 1. The van der Waals surface area contributed by atoms with E-state index in [9.17, 15) is 0 Å². The Morgan fingerprint density at radius 2 is 1.56 bits per heavy atom. The zero-order chi connectivity index (χ0) is 12.1. The van der Waals surface area contributed by atoms with Gasteiger partial charge in [0.1, 0.15) is 0 Å². The maximum Gasteiger partial charge on any atom is 0.0352 e. The van der Waals surface area contributed by atoms with E-state index < -0.39 is 0 Å². The second kappa shape index (κ2) is 3.56. The fourth-order valence-corrected chi connectivity index (χ4v) is 3.73. The lowest BCUT2D eigenvalue weighted by Crippen LogP contribution is -1.79. The second-order valence-corrected chi connectivity index (χ2v) is 5.65. The average molecular weight is 248 g/mol. The van der Waals surface area contributed by atoms with Crippen molar-refractivity contribution in [1.82, 2.24) is 0 Å². The van der Waals surface area contributed by atoms with E-state index in [0.29, 0.717) is 0 Å². The number of fused-ring (bicyclic) bond motifs is 5. The van der Waals surface area contributed by atoms with Gasteiger partial charge in [-0.25, -0.2) is 0 Å². The third-order valence-corrected chi connectivity index (χ3v) is 4.69. The lowest BCUT2D eigenvalue weighted by Gasteiger charge is -2.06. The first kappa shape index (κ1) is 10.1. The molecule has 4 aromatic rings. The average Bonchev–Trinajstić information content (AvgIpc) is 2.80. The van der Waals surface area contributed by atoms with Crippen molar-refractivity contribution in [2.24, 2.45) is 0 Å². The first-order chi connectivity index (χ1) is 8.84. The molecule has 0 radical (unpaired) electrons. The van der Waals surface area contributed by atoms with Crippen LogP contribution in [0.5, 0.6) is 0 Å². The molecule has 0 aliphatic carbocycles. The van der Waals surface area contributed by atoms with Crippen LogP contribution in [-0.2, 0) is 0 Å². The molecule has 0 saturated carbocycles. The van der Waals surface area contributed by atoms with Gasteiger partial charge >= 0.3 is 0 Å². The maximum absolute atomic E-state index is 2.26. The lowest BCUT2D eigenvalue weighted by molar-refractivity contribution is 1.61. The van der Waals surface area contributed by atoms with Crippen molar-refractivity contribution in [1.29, 1.82) is 0 Å². The largest absolute Gasteiger partial charge is 0.144 e. The summed E-state index contributed by atoms with van der Waals surface area (Å²) in [5, 5.41) is 9.11. The van der Waals surface area contributed by atoms with Gasteiger partial charge in [0.25, 0.3) is 0 Å². The Morgan fingerprint density at radius 3 is 2.50 bits per heavy atom. The molecule has 0 saturated heterocycles. The van der Waals surface area contributed by atoms with E-state index in [4.69, 9.17) is 0 Å². The normalized spacial score (nSPS) is 11.6. The van der Waals surface area contributed by atoms with E-state index in [1.54, 1.807) is 0 Å². The standard InChI is InChI=1S/C17H12S/c1-11-10-18-15-9-8-13-7-6-12-4-2-3-5-14(12)17(13)16(11)15/h2-10H,1H3. The summed E-state index contributed by atoms with van der Waals surface area (Å²) in [5.74, 6) is 0. The Labute approximate surface area is 109 Å². The van der Waals surface area contributed by atoms with Crippen LogP contribution in [0.15, 0.2) is 53.9 Å². The van der Waals surface area contributed by atoms with Gasteiger partial charge in [-0.3, -0.25) is 0 Å². The third kappa shape index (κ3) is 1.25. The molecule has 0 nitrogen and oxygen atoms in total. The molecular formula is C17H12S. The zero-order valence-electron chi connectivity index (χ0n) is 10.1. The van der Waals surface area contributed by atoms with Gasteiger partial charge in [0.05, 0.1) is 0 Å². The van der Waals surface area contributed by atoms with Crippen LogP contribution < -0.4 is 0 Å². The van der Waals surface area contributed by atoms with Crippen LogP contribution in [0.2, 0.25) is 0 Å². The van der Waals surface area contributed by atoms with Crippen molar-refractivity contribution in [2.75, 3.05) is 0 Å². The summed E-state index contributed by atoms with van der Waals surface area (Å²) in [4.78, 5) is 0. The molecular weight excluding hydrogens is 236 g/mol. The topological polar surface area (TPSA) is 0 Å². The van der Waals surface area contributed by atoms with Gasteiger partial charge in [-0.05, 0) is 45.5 Å². The molecule has 0 fully saturated rings. The Morgan fingerprint density at radius 1 is 0.778 bits per heavy atom. The van der Waals surface area contributed by atoms with E-state index in [1.807, 2.05) is 11.3 Å². The highest BCUT2D eigenvalue weighted by atomic mass is 32.1. The first-order valence-corrected chi connectivity index (χ1v) is 7.01. The highest BCUT2D eigenvalue weighted by molar-refractivity contribution is 7.17. The number of hydrogen-bond donors (Lipinski definition) is 0. The Hall–Kier alpha value is -1.86. The molecule has 1 aromatic heterocycles. The molecule has 0 unspecified atom stereocenters. The summed E-state index contributed by atoms with van der Waals surface area (Å²) < 4.78 is 1.39. The SMILES string of the molecule is Cc1csc2ccc3ccc4ccccc4c3c12. The highest BCUT2D eigenvalue weighted by Crippen LogP contribution is 2.36. The molecule has 86 valence electrons. The first-order valence-electron chi connectivity index (χ1n) is 6.13. The summed E-state index contributed by atoms with van der Waals surface area (Å²) in [7, 11) is 0. The van der Waals surface area contributed by atoms with Crippen molar-refractivity contribution in [3.05, 3.63) is 59.5 Å². The molecule has 3 aromatic carbocycles. The molecule has 0 atom stereocenters. The molecule has 4 rings (SSSR count). The van der Waals surface area contributed by atoms with Crippen LogP contribution in [0.1, 0.15) is 5.56 Å². The summed E-state index contributed by atoms with van der Waals surface area (Å²) in [6.45, 7) is 2.21. The summed E-state index contributed by atoms with van der Waals surface area (Å²) in [6, 6.07) is 17.6. The minimum atomic E-state index is 1.32. The van der Waals surface area contributed by atoms with Gasteiger partial charge in [-0.1, -0.05) is 42.5 Å². The van der Waals surface area contributed by atoms with E-state index in [1.165, 1.54) is 37.2 Å². The molecule has 0 N–H and O–H groups in total. The van der Waals surface area contributed by atoms with Crippen LogP contribution >= 0.6 is 11.3 Å². The van der Waals surface area contributed by atoms with Crippen LogP contribution in [-0.4, -0.2) is 0 Å². The van der Waals surface area contributed by atoms with Gasteiger partial charge in [-0.2, -0.15) is 0 Å². The fourth-order valence-electron chi connectivity index (χ4n) is 2.78.